The van der Waals surface area contributed by atoms with Crippen LogP contribution in [0.25, 0.3) is 0 Å². The van der Waals surface area contributed by atoms with E-state index < -0.39 is 0 Å². The van der Waals surface area contributed by atoms with Crippen molar-refractivity contribution in [3.63, 3.8) is 0 Å². The van der Waals surface area contributed by atoms with E-state index in [0.717, 1.165) is 11.3 Å². The van der Waals surface area contributed by atoms with E-state index in [9.17, 15) is 4.79 Å². The topological polar surface area (TPSA) is 89.0 Å². The number of anilines is 3. The van der Waals surface area contributed by atoms with Crippen LogP contribution >= 0.6 is 0 Å². The summed E-state index contributed by atoms with van der Waals surface area (Å²) in [7, 11) is 1.45. The molecule has 3 aromatic rings. The molecule has 0 aliphatic heterocycles. The van der Waals surface area contributed by atoms with E-state index in [0.29, 0.717) is 5.56 Å². The Labute approximate surface area is 145 Å². The highest BCUT2D eigenvalue weighted by atomic mass is 16.5. The zero-order valence-electron chi connectivity index (χ0n) is 13.9. The smallest absolute Gasteiger partial charge is 0.322 e. The highest BCUT2D eigenvalue weighted by Crippen LogP contribution is 2.16. The summed E-state index contributed by atoms with van der Waals surface area (Å²) in [6, 6.07) is 16.8. The van der Waals surface area contributed by atoms with Gasteiger partial charge in [-0.3, -0.25) is 10.1 Å². The number of rotatable bonds is 5. The van der Waals surface area contributed by atoms with Gasteiger partial charge in [-0.25, -0.2) is 0 Å². The molecule has 3 rings (SSSR count). The van der Waals surface area contributed by atoms with Crippen LogP contribution in [0, 0.1) is 6.92 Å². The first kappa shape index (κ1) is 16.4. The Morgan fingerprint density at radius 1 is 0.960 bits per heavy atom. The van der Waals surface area contributed by atoms with E-state index in [1.165, 1.54) is 7.11 Å². The van der Waals surface area contributed by atoms with E-state index in [1.807, 2.05) is 49.4 Å². The summed E-state index contributed by atoms with van der Waals surface area (Å²) in [5.41, 5.74) is 2.33. The lowest BCUT2D eigenvalue weighted by Crippen LogP contribution is -2.15. The van der Waals surface area contributed by atoms with Gasteiger partial charge in [0.05, 0.1) is 7.11 Å². The maximum absolute atomic E-state index is 12.4. The van der Waals surface area contributed by atoms with E-state index >= 15 is 0 Å². The molecule has 0 saturated heterocycles. The first-order valence-electron chi connectivity index (χ1n) is 7.64. The molecule has 25 heavy (non-hydrogen) atoms. The molecule has 0 bridgehead atoms. The zero-order valence-corrected chi connectivity index (χ0v) is 13.9. The fraction of sp³-hybridized carbons (Fsp3) is 0.111. The minimum Gasteiger partial charge on any atom is -0.467 e. The molecule has 7 nitrogen and oxygen atoms in total. The molecule has 0 atom stereocenters. The average molecular weight is 335 g/mol. The van der Waals surface area contributed by atoms with E-state index in [4.69, 9.17) is 4.74 Å². The Kier molecular flexibility index (Phi) is 4.84. The minimum absolute atomic E-state index is 0.105. The van der Waals surface area contributed by atoms with Crippen molar-refractivity contribution in [2.75, 3.05) is 17.7 Å². The summed E-state index contributed by atoms with van der Waals surface area (Å²) in [5, 5.41) is 5.71. The second-order valence-corrected chi connectivity index (χ2v) is 5.28. The van der Waals surface area contributed by atoms with Crippen LogP contribution in [0.4, 0.5) is 17.6 Å². The standard InChI is InChI=1S/C18H17N5O2/c1-12-7-6-8-13(11-12)15(24)20-17-21-16(22-18(23-17)25-2)19-14-9-4-3-5-10-14/h3-11H,1-2H3,(H2,19,20,21,22,23,24). The molecule has 1 amide bonds. The van der Waals surface area contributed by atoms with E-state index in [-0.39, 0.29) is 23.8 Å². The Hall–Kier alpha value is -3.48. The van der Waals surface area contributed by atoms with Crippen molar-refractivity contribution in [2.24, 2.45) is 0 Å². The molecule has 7 heteroatoms. The van der Waals surface area contributed by atoms with Gasteiger partial charge in [-0.15, -0.1) is 0 Å². The van der Waals surface area contributed by atoms with Gasteiger partial charge < -0.3 is 10.1 Å². The molecule has 0 aliphatic carbocycles. The van der Waals surface area contributed by atoms with Crippen LogP contribution in [-0.2, 0) is 0 Å². The third-order valence-electron chi connectivity index (χ3n) is 3.33. The van der Waals surface area contributed by atoms with E-state index in [2.05, 4.69) is 25.6 Å². The molecule has 0 spiro atoms. The number of methoxy groups -OCH3 is 1. The predicted octanol–water partition coefficient (Wildman–Crippen LogP) is 3.18. The van der Waals surface area contributed by atoms with Gasteiger partial charge in [-0.2, -0.15) is 15.0 Å². The zero-order chi connectivity index (χ0) is 17.6. The monoisotopic (exact) mass is 335 g/mol. The van der Waals surface area contributed by atoms with Gasteiger partial charge in [0.2, 0.25) is 11.9 Å². The van der Waals surface area contributed by atoms with Crippen molar-refractivity contribution < 1.29 is 9.53 Å². The molecule has 0 radical (unpaired) electrons. The number of hydrogen-bond acceptors (Lipinski definition) is 6. The van der Waals surface area contributed by atoms with Gasteiger partial charge in [-0.1, -0.05) is 35.9 Å². The van der Waals surface area contributed by atoms with Crippen LogP contribution in [0.3, 0.4) is 0 Å². The van der Waals surface area contributed by atoms with Gasteiger partial charge >= 0.3 is 6.01 Å². The number of hydrogen-bond donors (Lipinski definition) is 2. The molecule has 2 N–H and O–H groups in total. The first-order chi connectivity index (χ1) is 12.1. The van der Waals surface area contributed by atoms with Crippen LogP contribution in [0.15, 0.2) is 54.6 Å². The average Bonchev–Trinajstić information content (AvgIpc) is 2.62. The van der Waals surface area contributed by atoms with Crippen LogP contribution < -0.4 is 15.4 Å². The normalized spacial score (nSPS) is 10.2. The number of carbonyl (C=O) groups excluding carboxylic acids is 1. The summed E-state index contributed by atoms with van der Waals surface area (Å²) < 4.78 is 5.09. The molecule has 2 aromatic carbocycles. The minimum atomic E-state index is -0.303. The molecule has 0 aliphatic rings. The lowest BCUT2D eigenvalue weighted by atomic mass is 10.1. The van der Waals surface area contributed by atoms with Crippen LogP contribution in [-0.4, -0.2) is 28.0 Å². The lowest BCUT2D eigenvalue weighted by Gasteiger charge is -2.09. The van der Waals surface area contributed by atoms with Crippen molar-refractivity contribution in [2.45, 2.75) is 6.92 Å². The second-order valence-electron chi connectivity index (χ2n) is 5.28. The largest absolute Gasteiger partial charge is 0.467 e. The fourth-order valence-electron chi connectivity index (χ4n) is 2.17. The van der Waals surface area contributed by atoms with Crippen LogP contribution in [0.1, 0.15) is 15.9 Å². The third-order valence-corrected chi connectivity index (χ3v) is 3.33. The maximum atomic E-state index is 12.4. The highest BCUT2D eigenvalue weighted by molar-refractivity contribution is 6.03. The van der Waals surface area contributed by atoms with Crippen molar-refractivity contribution in [3.05, 3.63) is 65.7 Å². The number of aromatic nitrogens is 3. The molecular weight excluding hydrogens is 318 g/mol. The van der Waals surface area contributed by atoms with Crippen LogP contribution in [0.2, 0.25) is 0 Å². The molecule has 1 aromatic heterocycles. The summed E-state index contributed by atoms with van der Waals surface area (Å²) >= 11 is 0. The van der Waals surface area contributed by atoms with Gasteiger partial charge in [0.1, 0.15) is 0 Å². The Morgan fingerprint density at radius 2 is 1.72 bits per heavy atom. The highest BCUT2D eigenvalue weighted by Gasteiger charge is 2.12. The number of nitrogens with one attached hydrogen (secondary N) is 2. The van der Waals surface area contributed by atoms with Gasteiger partial charge in [0.15, 0.2) is 0 Å². The quantitative estimate of drug-likeness (QED) is 0.744. The van der Waals surface area contributed by atoms with Crippen LogP contribution in [0.5, 0.6) is 6.01 Å². The Bertz CT molecular complexity index is 884. The first-order valence-corrected chi connectivity index (χ1v) is 7.64. The van der Waals surface area contributed by atoms with Gasteiger partial charge in [0.25, 0.3) is 5.91 Å². The third kappa shape index (κ3) is 4.29. The van der Waals surface area contributed by atoms with Crippen molar-refractivity contribution in [3.8, 4) is 6.01 Å². The Morgan fingerprint density at radius 3 is 2.44 bits per heavy atom. The molecule has 0 unspecified atom stereocenters. The Balaban J connectivity index is 1.83. The number of amides is 1. The van der Waals surface area contributed by atoms with Gasteiger partial charge in [0, 0.05) is 11.3 Å². The summed E-state index contributed by atoms with van der Waals surface area (Å²) in [6.07, 6.45) is 0. The molecular formula is C18H17N5O2. The van der Waals surface area contributed by atoms with Gasteiger partial charge in [-0.05, 0) is 31.2 Å². The summed E-state index contributed by atoms with van der Waals surface area (Å²) in [6.45, 7) is 1.92. The maximum Gasteiger partial charge on any atom is 0.322 e. The number of para-hydroxylation sites is 1. The fourth-order valence-corrected chi connectivity index (χ4v) is 2.17. The van der Waals surface area contributed by atoms with E-state index in [1.54, 1.807) is 12.1 Å². The number of aryl methyl sites for hydroxylation is 1. The number of nitrogens with zero attached hydrogens (tertiary/aromatic N) is 3. The number of carbonyl (C=O) groups is 1. The van der Waals surface area contributed by atoms with Crippen molar-refractivity contribution in [1.29, 1.82) is 0 Å². The predicted molar refractivity (Wildman–Crippen MR) is 95.2 cm³/mol. The molecule has 1 heterocycles. The van der Waals surface area contributed by atoms with Crippen molar-refractivity contribution in [1.82, 2.24) is 15.0 Å². The lowest BCUT2D eigenvalue weighted by molar-refractivity contribution is 0.102. The number of ether oxygens (including phenoxy) is 1. The number of benzene rings is 2. The summed E-state index contributed by atoms with van der Waals surface area (Å²) in [4.78, 5) is 24.8. The SMILES string of the molecule is COc1nc(NC(=O)c2cccc(C)c2)nc(Nc2ccccc2)n1. The second kappa shape index (κ2) is 7.39. The summed E-state index contributed by atoms with van der Waals surface area (Å²) in [5.74, 6) is 0.0805. The molecule has 126 valence electrons. The van der Waals surface area contributed by atoms with Crippen molar-refractivity contribution >= 4 is 23.5 Å². The molecule has 0 fully saturated rings. The molecule has 0 saturated carbocycles.